The standard InChI is InChI=1S/C22H33N5O/c1-16-18(19-11-7-8-12-20(19)25-16)13-14-23-22(24-15-21(28)27(2)3)26-17-9-5-4-6-10-17/h7-8,11-12,17,25H,4-6,9-10,13-15H2,1-3H3,(H2,23,24,26). The summed E-state index contributed by atoms with van der Waals surface area (Å²) >= 11 is 0. The minimum Gasteiger partial charge on any atom is -0.358 e. The Morgan fingerprint density at radius 2 is 1.96 bits per heavy atom. The molecule has 0 unspecified atom stereocenters. The minimum atomic E-state index is 0.0113. The number of hydrogen-bond donors (Lipinski definition) is 3. The van der Waals surface area contributed by atoms with Gasteiger partial charge in [-0.2, -0.15) is 0 Å². The number of nitrogens with zero attached hydrogens (tertiary/aromatic N) is 2. The first-order valence-electron chi connectivity index (χ1n) is 10.4. The van der Waals surface area contributed by atoms with E-state index in [-0.39, 0.29) is 12.5 Å². The summed E-state index contributed by atoms with van der Waals surface area (Å²) in [6.45, 7) is 3.07. The van der Waals surface area contributed by atoms with E-state index in [1.165, 1.54) is 54.3 Å². The van der Waals surface area contributed by atoms with Crippen molar-refractivity contribution < 1.29 is 4.79 Å². The molecule has 3 rings (SSSR count). The zero-order valence-corrected chi connectivity index (χ0v) is 17.3. The Labute approximate surface area is 167 Å². The van der Waals surface area contributed by atoms with Crippen LogP contribution in [0.25, 0.3) is 10.9 Å². The zero-order valence-electron chi connectivity index (χ0n) is 17.3. The van der Waals surface area contributed by atoms with Crippen molar-refractivity contribution in [2.24, 2.45) is 4.99 Å². The van der Waals surface area contributed by atoms with Crippen molar-refractivity contribution >= 4 is 22.8 Å². The number of amides is 1. The van der Waals surface area contributed by atoms with Crippen molar-refractivity contribution in [1.29, 1.82) is 0 Å². The number of carbonyl (C=O) groups excluding carboxylic acids is 1. The third-order valence-corrected chi connectivity index (χ3v) is 5.51. The van der Waals surface area contributed by atoms with Crippen molar-refractivity contribution in [2.75, 3.05) is 27.2 Å². The summed E-state index contributed by atoms with van der Waals surface area (Å²) in [4.78, 5) is 21.5. The highest BCUT2D eigenvalue weighted by molar-refractivity contribution is 5.86. The van der Waals surface area contributed by atoms with E-state index in [0.717, 1.165) is 18.9 Å². The van der Waals surface area contributed by atoms with Crippen LogP contribution in [-0.2, 0) is 11.2 Å². The molecule has 1 amide bonds. The van der Waals surface area contributed by atoms with Crippen LogP contribution >= 0.6 is 0 Å². The number of aryl methyl sites for hydroxylation is 1. The van der Waals surface area contributed by atoms with Crippen molar-refractivity contribution in [3.05, 3.63) is 35.5 Å². The molecule has 0 bridgehead atoms. The van der Waals surface area contributed by atoms with E-state index in [9.17, 15) is 4.79 Å². The van der Waals surface area contributed by atoms with E-state index < -0.39 is 0 Å². The first-order valence-corrected chi connectivity index (χ1v) is 10.4. The monoisotopic (exact) mass is 383 g/mol. The molecule has 0 radical (unpaired) electrons. The van der Waals surface area contributed by atoms with Gasteiger partial charge in [-0.3, -0.25) is 4.79 Å². The smallest absolute Gasteiger partial charge is 0.243 e. The van der Waals surface area contributed by atoms with Gasteiger partial charge < -0.3 is 20.5 Å². The van der Waals surface area contributed by atoms with Crippen LogP contribution in [0.1, 0.15) is 43.4 Å². The molecule has 1 aromatic heterocycles. The van der Waals surface area contributed by atoms with Crippen molar-refractivity contribution in [1.82, 2.24) is 20.5 Å². The highest BCUT2D eigenvalue weighted by atomic mass is 16.2. The number of aliphatic imine (C=N–C) groups is 1. The molecule has 1 aliphatic carbocycles. The van der Waals surface area contributed by atoms with E-state index in [1.807, 2.05) is 0 Å². The van der Waals surface area contributed by atoms with Crippen LogP contribution in [0, 0.1) is 6.92 Å². The average molecular weight is 384 g/mol. The lowest BCUT2D eigenvalue weighted by atomic mass is 9.96. The molecule has 1 heterocycles. The quantitative estimate of drug-likeness (QED) is 0.530. The molecule has 152 valence electrons. The molecule has 3 N–H and O–H groups in total. The van der Waals surface area contributed by atoms with Crippen molar-refractivity contribution in [2.45, 2.75) is 51.5 Å². The number of guanidine groups is 1. The van der Waals surface area contributed by atoms with Gasteiger partial charge in [0.25, 0.3) is 0 Å². The fourth-order valence-electron chi connectivity index (χ4n) is 3.84. The van der Waals surface area contributed by atoms with Gasteiger partial charge in [0.05, 0.1) is 0 Å². The maximum absolute atomic E-state index is 12.0. The summed E-state index contributed by atoms with van der Waals surface area (Å²) in [5, 5.41) is 8.27. The minimum absolute atomic E-state index is 0.0113. The lowest BCUT2D eigenvalue weighted by Crippen LogP contribution is -2.45. The third kappa shape index (κ3) is 5.27. The maximum atomic E-state index is 12.0. The number of aromatic nitrogens is 1. The molecular formula is C22H33N5O. The number of carbonyl (C=O) groups is 1. The lowest BCUT2D eigenvalue weighted by Gasteiger charge is -2.25. The second-order valence-electron chi connectivity index (χ2n) is 7.88. The van der Waals surface area contributed by atoms with E-state index in [4.69, 9.17) is 0 Å². The van der Waals surface area contributed by atoms with Gasteiger partial charge in [0.2, 0.25) is 5.91 Å². The molecule has 28 heavy (non-hydrogen) atoms. The number of benzene rings is 1. The molecule has 1 aliphatic rings. The van der Waals surface area contributed by atoms with Gasteiger partial charge >= 0.3 is 0 Å². The van der Waals surface area contributed by atoms with E-state index in [0.29, 0.717) is 6.04 Å². The van der Waals surface area contributed by atoms with E-state index >= 15 is 0 Å². The summed E-state index contributed by atoms with van der Waals surface area (Å²) in [5.74, 6) is 0.761. The molecule has 1 saturated carbocycles. The normalized spacial score (nSPS) is 15.6. The zero-order chi connectivity index (χ0) is 19.9. The number of nitrogens with one attached hydrogen (secondary N) is 3. The Morgan fingerprint density at radius 3 is 2.71 bits per heavy atom. The van der Waals surface area contributed by atoms with Crippen LogP contribution in [0.15, 0.2) is 29.3 Å². The highest BCUT2D eigenvalue weighted by Gasteiger charge is 2.15. The van der Waals surface area contributed by atoms with Crippen LogP contribution in [0.3, 0.4) is 0 Å². The van der Waals surface area contributed by atoms with Gasteiger partial charge in [0.1, 0.15) is 6.54 Å². The van der Waals surface area contributed by atoms with E-state index in [1.54, 1.807) is 19.0 Å². The van der Waals surface area contributed by atoms with Gasteiger partial charge in [0, 0.05) is 43.3 Å². The van der Waals surface area contributed by atoms with Crippen LogP contribution in [0.2, 0.25) is 0 Å². The molecule has 0 aliphatic heterocycles. The Bertz CT molecular complexity index is 817. The third-order valence-electron chi connectivity index (χ3n) is 5.51. The fourth-order valence-corrected chi connectivity index (χ4v) is 3.84. The summed E-state index contributed by atoms with van der Waals surface area (Å²) < 4.78 is 0. The van der Waals surface area contributed by atoms with Gasteiger partial charge in [-0.1, -0.05) is 37.5 Å². The Morgan fingerprint density at radius 1 is 1.21 bits per heavy atom. The fraction of sp³-hybridized carbons (Fsp3) is 0.545. The maximum Gasteiger partial charge on any atom is 0.243 e. The highest BCUT2D eigenvalue weighted by Crippen LogP contribution is 2.22. The summed E-state index contributed by atoms with van der Waals surface area (Å²) in [7, 11) is 3.53. The van der Waals surface area contributed by atoms with Gasteiger partial charge in [-0.25, -0.2) is 4.99 Å². The second kappa shape index (κ2) is 9.62. The van der Waals surface area contributed by atoms with Gasteiger partial charge in [0.15, 0.2) is 5.96 Å². The number of H-pyrrole nitrogens is 1. The average Bonchev–Trinajstić information content (AvgIpc) is 3.01. The first kappa shape index (κ1) is 20.2. The van der Waals surface area contributed by atoms with E-state index in [2.05, 4.69) is 51.8 Å². The number of rotatable bonds is 6. The number of likely N-dealkylation sites (N-methyl/N-ethyl adjacent to an activating group) is 1. The van der Waals surface area contributed by atoms with Crippen LogP contribution in [0.4, 0.5) is 0 Å². The number of hydrogen-bond acceptors (Lipinski definition) is 2. The van der Waals surface area contributed by atoms with Crippen LogP contribution in [-0.4, -0.2) is 55.0 Å². The SMILES string of the molecule is Cc1[nH]c2ccccc2c1CCNC(=NCC(=O)N(C)C)NC1CCCCC1. The van der Waals surface area contributed by atoms with Gasteiger partial charge in [-0.15, -0.1) is 0 Å². The molecule has 2 aromatic rings. The molecule has 6 nitrogen and oxygen atoms in total. The molecular weight excluding hydrogens is 350 g/mol. The number of fused-ring (bicyclic) bond motifs is 1. The first-order chi connectivity index (χ1) is 13.5. The molecule has 0 atom stereocenters. The van der Waals surface area contributed by atoms with Crippen molar-refractivity contribution in [3.8, 4) is 0 Å². The number of para-hydroxylation sites is 1. The van der Waals surface area contributed by atoms with Crippen molar-refractivity contribution in [3.63, 3.8) is 0 Å². The van der Waals surface area contributed by atoms with Gasteiger partial charge in [-0.05, 0) is 37.8 Å². The second-order valence-corrected chi connectivity index (χ2v) is 7.88. The summed E-state index contributed by atoms with van der Waals surface area (Å²) in [6, 6.07) is 8.87. The largest absolute Gasteiger partial charge is 0.358 e. The molecule has 6 heteroatoms. The summed E-state index contributed by atoms with van der Waals surface area (Å²) in [5.41, 5.74) is 3.73. The molecule has 0 saturated heterocycles. The topological polar surface area (TPSA) is 72.5 Å². The predicted octanol–water partition coefficient (Wildman–Crippen LogP) is 2.97. The van der Waals surface area contributed by atoms with Crippen LogP contribution < -0.4 is 10.6 Å². The molecule has 1 aromatic carbocycles. The Balaban J connectivity index is 1.63. The lowest BCUT2D eigenvalue weighted by molar-refractivity contribution is -0.127. The molecule has 1 fully saturated rings. The Kier molecular flexibility index (Phi) is 6.95. The Hall–Kier alpha value is -2.50. The van der Waals surface area contributed by atoms with Crippen LogP contribution in [0.5, 0.6) is 0 Å². The summed E-state index contributed by atoms with van der Waals surface area (Å²) in [6.07, 6.45) is 7.08. The molecule has 0 spiro atoms. The predicted molar refractivity (Wildman–Crippen MR) is 116 cm³/mol. The number of aromatic amines is 1.